The number of urea groups is 1. The van der Waals surface area contributed by atoms with Crippen LogP contribution in [0, 0.1) is 0 Å². The van der Waals surface area contributed by atoms with Gasteiger partial charge in [0, 0.05) is 6.04 Å². The van der Waals surface area contributed by atoms with Crippen molar-refractivity contribution in [1.82, 2.24) is 10.3 Å². The van der Waals surface area contributed by atoms with Crippen molar-refractivity contribution in [1.29, 1.82) is 0 Å². The molecule has 116 valence electrons. The maximum Gasteiger partial charge on any atom is 0.347 e. The molecule has 0 radical (unpaired) electrons. The Hall–Kier alpha value is -1.63. The molecule has 1 heterocycles. The first-order valence-corrected chi connectivity index (χ1v) is 8.10. The molecule has 7 heteroatoms. The molecule has 0 aromatic carbocycles. The van der Waals surface area contributed by atoms with Crippen LogP contribution in [0.1, 0.15) is 67.2 Å². The van der Waals surface area contributed by atoms with Crippen LogP contribution in [0.25, 0.3) is 0 Å². The summed E-state index contributed by atoms with van der Waals surface area (Å²) in [5.41, 5.74) is 0.514. The molecule has 0 aliphatic heterocycles. The van der Waals surface area contributed by atoms with E-state index in [0.717, 1.165) is 37.0 Å². The molecule has 0 bridgehead atoms. The maximum atomic E-state index is 11.9. The van der Waals surface area contributed by atoms with Gasteiger partial charge < -0.3 is 10.4 Å². The first-order chi connectivity index (χ1) is 9.97. The number of amides is 2. The van der Waals surface area contributed by atoms with Gasteiger partial charge in [0.2, 0.25) is 0 Å². The van der Waals surface area contributed by atoms with E-state index in [4.69, 9.17) is 5.11 Å². The molecular formula is C14H21N3O3S. The van der Waals surface area contributed by atoms with Crippen LogP contribution in [-0.4, -0.2) is 28.1 Å². The van der Waals surface area contributed by atoms with Crippen LogP contribution < -0.4 is 10.6 Å². The Labute approximate surface area is 128 Å². The minimum atomic E-state index is -1.00. The van der Waals surface area contributed by atoms with Crippen molar-refractivity contribution >= 4 is 28.5 Å². The molecule has 1 aromatic rings. The number of nitrogens with zero attached hydrogens (tertiary/aromatic N) is 1. The summed E-state index contributed by atoms with van der Waals surface area (Å²) in [6, 6.07) is -0.0925. The topological polar surface area (TPSA) is 91.3 Å². The van der Waals surface area contributed by atoms with Crippen molar-refractivity contribution in [3.8, 4) is 0 Å². The third-order valence-corrected chi connectivity index (χ3v) is 4.53. The van der Waals surface area contributed by atoms with Crippen molar-refractivity contribution in [2.75, 3.05) is 5.32 Å². The highest BCUT2D eigenvalue weighted by Gasteiger charge is 2.21. The van der Waals surface area contributed by atoms with Crippen LogP contribution in [-0.2, 0) is 0 Å². The molecule has 1 fully saturated rings. The van der Waals surface area contributed by atoms with Gasteiger partial charge in [0.25, 0.3) is 0 Å². The monoisotopic (exact) mass is 311 g/mol. The van der Waals surface area contributed by atoms with Crippen LogP contribution >= 0.6 is 11.3 Å². The molecule has 1 aliphatic carbocycles. The number of anilines is 1. The molecule has 21 heavy (non-hydrogen) atoms. The Morgan fingerprint density at radius 3 is 2.48 bits per heavy atom. The largest absolute Gasteiger partial charge is 0.477 e. The number of carbonyl (C=O) groups excluding carboxylic acids is 1. The van der Waals surface area contributed by atoms with Crippen molar-refractivity contribution < 1.29 is 14.7 Å². The third kappa shape index (κ3) is 4.17. The van der Waals surface area contributed by atoms with E-state index in [1.165, 1.54) is 6.42 Å². The molecule has 6 nitrogen and oxygen atoms in total. The zero-order valence-electron chi connectivity index (χ0n) is 12.3. The van der Waals surface area contributed by atoms with Gasteiger partial charge in [-0.1, -0.05) is 44.4 Å². The van der Waals surface area contributed by atoms with E-state index in [1.54, 1.807) is 0 Å². The second-order valence-electron chi connectivity index (χ2n) is 5.63. The normalized spacial score (nSPS) is 16.0. The van der Waals surface area contributed by atoms with Crippen LogP contribution in [0.15, 0.2) is 0 Å². The molecule has 1 aromatic heterocycles. The quantitative estimate of drug-likeness (QED) is 0.794. The smallest absolute Gasteiger partial charge is 0.347 e. The van der Waals surface area contributed by atoms with Crippen LogP contribution in [0.3, 0.4) is 0 Å². The molecule has 2 amide bonds. The highest BCUT2D eigenvalue weighted by atomic mass is 32.1. The summed E-state index contributed by atoms with van der Waals surface area (Å²) < 4.78 is 0. The lowest BCUT2D eigenvalue weighted by molar-refractivity contribution is 0.0700. The van der Waals surface area contributed by atoms with Gasteiger partial charge in [0.05, 0.1) is 5.69 Å². The fourth-order valence-corrected chi connectivity index (χ4v) is 3.45. The Bertz CT molecular complexity index is 522. The lowest BCUT2D eigenvalue weighted by atomic mass is 9.96. The molecule has 0 atom stereocenters. The van der Waals surface area contributed by atoms with Crippen molar-refractivity contribution in [3.05, 3.63) is 10.6 Å². The Kier molecular flexibility index (Phi) is 5.17. The first kappa shape index (κ1) is 15.8. The van der Waals surface area contributed by atoms with E-state index in [1.807, 2.05) is 13.8 Å². The van der Waals surface area contributed by atoms with E-state index < -0.39 is 5.97 Å². The van der Waals surface area contributed by atoms with Gasteiger partial charge in [0.1, 0.15) is 4.88 Å². The van der Waals surface area contributed by atoms with Gasteiger partial charge in [-0.3, -0.25) is 5.32 Å². The molecule has 2 rings (SSSR count). The summed E-state index contributed by atoms with van der Waals surface area (Å²) >= 11 is 1.00. The number of hydrogen-bond acceptors (Lipinski definition) is 4. The van der Waals surface area contributed by atoms with Gasteiger partial charge in [-0.05, 0) is 18.8 Å². The van der Waals surface area contributed by atoms with Crippen LogP contribution in [0.4, 0.5) is 9.93 Å². The number of aromatic carboxylic acids is 1. The van der Waals surface area contributed by atoms with E-state index in [9.17, 15) is 9.59 Å². The molecule has 1 saturated carbocycles. The summed E-state index contributed by atoms with van der Waals surface area (Å²) in [7, 11) is 0. The number of carboxylic acids is 1. The van der Waals surface area contributed by atoms with Crippen molar-refractivity contribution in [2.24, 2.45) is 0 Å². The van der Waals surface area contributed by atoms with Crippen LogP contribution in [0.5, 0.6) is 0 Å². The summed E-state index contributed by atoms with van der Waals surface area (Å²) in [5, 5.41) is 15.1. The Balaban J connectivity index is 2.00. The average molecular weight is 311 g/mol. The fraction of sp³-hybridized carbons (Fsp3) is 0.643. The number of thiazole rings is 1. The molecule has 0 saturated heterocycles. The van der Waals surface area contributed by atoms with E-state index in [2.05, 4.69) is 15.6 Å². The maximum absolute atomic E-state index is 11.9. The predicted molar refractivity (Wildman–Crippen MR) is 82.2 cm³/mol. The molecule has 0 unspecified atom stereocenters. The number of aromatic nitrogens is 1. The molecular weight excluding hydrogens is 290 g/mol. The number of carbonyl (C=O) groups is 2. The number of hydrogen-bond donors (Lipinski definition) is 3. The Morgan fingerprint density at radius 2 is 1.95 bits per heavy atom. The van der Waals surface area contributed by atoms with Crippen molar-refractivity contribution in [3.63, 3.8) is 0 Å². The highest BCUT2D eigenvalue weighted by molar-refractivity contribution is 7.17. The molecule has 0 spiro atoms. The lowest BCUT2D eigenvalue weighted by Crippen LogP contribution is -2.39. The van der Waals surface area contributed by atoms with Crippen LogP contribution in [0.2, 0.25) is 0 Å². The Morgan fingerprint density at radius 1 is 1.29 bits per heavy atom. The zero-order valence-corrected chi connectivity index (χ0v) is 13.1. The lowest BCUT2D eigenvalue weighted by Gasteiger charge is -2.22. The molecule has 3 N–H and O–H groups in total. The van der Waals surface area contributed by atoms with Gasteiger partial charge in [-0.25, -0.2) is 14.6 Å². The summed E-state index contributed by atoms with van der Waals surface area (Å²) in [6.07, 6.45) is 5.52. The third-order valence-electron chi connectivity index (χ3n) is 3.56. The standard InChI is InChI=1S/C14H21N3O3S/c1-8(2)10-11(12(18)19)21-14(16-10)17-13(20)15-9-6-4-3-5-7-9/h8-9H,3-7H2,1-2H3,(H,18,19)(H2,15,16,17,20). The predicted octanol–water partition coefficient (Wildman–Crippen LogP) is 3.42. The number of rotatable bonds is 4. The van der Waals surface area contributed by atoms with E-state index in [-0.39, 0.29) is 22.9 Å². The van der Waals surface area contributed by atoms with Gasteiger partial charge in [0.15, 0.2) is 5.13 Å². The molecule has 1 aliphatic rings. The number of carboxylic acid groups (broad SMARTS) is 1. The minimum absolute atomic E-state index is 0.00399. The average Bonchev–Trinajstić information content (AvgIpc) is 2.84. The second kappa shape index (κ2) is 6.89. The fourth-order valence-electron chi connectivity index (χ4n) is 2.50. The number of nitrogens with one attached hydrogen (secondary N) is 2. The highest BCUT2D eigenvalue weighted by Crippen LogP contribution is 2.28. The summed E-state index contributed by atoms with van der Waals surface area (Å²) in [5.74, 6) is -0.999. The first-order valence-electron chi connectivity index (χ1n) is 7.29. The zero-order chi connectivity index (χ0) is 15.4. The van der Waals surface area contributed by atoms with E-state index >= 15 is 0 Å². The van der Waals surface area contributed by atoms with Gasteiger partial charge in [-0.2, -0.15) is 0 Å². The second-order valence-corrected chi connectivity index (χ2v) is 6.63. The SMILES string of the molecule is CC(C)c1nc(NC(=O)NC2CCCCC2)sc1C(=O)O. The summed E-state index contributed by atoms with van der Waals surface area (Å²) in [4.78, 5) is 27.5. The van der Waals surface area contributed by atoms with Gasteiger partial charge in [-0.15, -0.1) is 0 Å². The van der Waals surface area contributed by atoms with E-state index in [0.29, 0.717) is 10.8 Å². The minimum Gasteiger partial charge on any atom is -0.477 e. The van der Waals surface area contributed by atoms with Gasteiger partial charge >= 0.3 is 12.0 Å². The summed E-state index contributed by atoms with van der Waals surface area (Å²) in [6.45, 7) is 3.76. The van der Waals surface area contributed by atoms with Crippen molar-refractivity contribution in [2.45, 2.75) is 57.9 Å².